The molecular formula is C20H30O3. The van der Waals surface area contributed by atoms with Crippen molar-refractivity contribution in [2.45, 2.75) is 71.6 Å². The van der Waals surface area contributed by atoms with Gasteiger partial charge in [-0.05, 0) is 80.5 Å². The summed E-state index contributed by atoms with van der Waals surface area (Å²) in [6.07, 6.45) is 10.3. The molecule has 7 atom stereocenters. The summed E-state index contributed by atoms with van der Waals surface area (Å²) >= 11 is 0. The second-order valence-corrected chi connectivity index (χ2v) is 9.35. The van der Waals surface area contributed by atoms with E-state index in [1.54, 1.807) is 0 Å². The molecule has 0 amide bonds. The Hall–Kier alpha value is -0.860. The van der Waals surface area contributed by atoms with Crippen LogP contribution in [0.15, 0.2) is 0 Å². The highest BCUT2D eigenvalue weighted by Gasteiger charge is 2.61. The summed E-state index contributed by atoms with van der Waals surface area (Å²) in [6, 6.07) is 0. The number of carboxylic acids is 1. The average molecular weight is 318 g/mol. The summed E-state index contributed by atoms with van der Waals surface area (Å²) in [4.78, 5) is 24.7. The van der Waals surface area contributed by atoms with Gasteiger partial charge < -0.3 is 5.11 Å². The largest absolute Gasteiger partial charge is 0.481 e. The Kier molecular flexibility index (Phi) is 3.45. The van der Waals surface area contributed by atoms with Gasteiger partial charge in [0.2, 0.25) is 0 Å². The maximum absolute atomic E-state index is 13.2. The Morgan fingerprint density at radius 3 is 2.48 bits per heavy atom. The lowest BCUT2D eigenvalue weighted by atomic mass is 9.44. The monoisotopic (exact) mass is 318 g/mol. The summed E-state index contributed by atoms with van der Waals surface area (Å²) in [5, 5.41) is 9.48. The van der Waals surface area contributed by atoms with E-state index in [2.05, 4.69) is 13.8 Å². The van der Waals surface area contributed by atoms with E-state index in [1.807, 2.05) is 0 Å². The van der Waals surface area contributed by atoms with E-state index >= 15 is 0 Å². The van der Waals surface area contributed by atoms with E-state index in [9.17, 15) is 14.7 Å². The van der Waals surface area contributed by atoms with Gasteiger partial charge in [0.25, 0.3) is 0 Å². The number of carboxylic acid groups (broad SMARTS) is 1. The number of hydrogen-bond donors (Lipinski definition) is 1. The number of carbonyl (C=O) groups excluding carboxylic acids is 1. The lowest BCUT2D eigenvalue weighted by Crippen LogP contribution is -2.58. The molecule has 0 aromatic rings. The fraction of sp³-hybridized carbons (Fsp3) is 0.900. The molecular weight excluding hydrogens is 288 g/mol. The standard InChI is InChI=1S/C20H30O3/c1-19-10-3-4-15(19)13-7-5-12-6-8-14(18(22)23)17(21)20(12,2)16(13)9-11-19/h12-16H,3-11H2,1-2H3,(H,22,23)/t12?,13-,14?,15-,16+,19-,20-/m0/s1. The second kappa shape index (κ2) is 5.07. The molecule has 3 heteroatoms. The van der Waals surface area contributed by atoms with Crippen molar-refractivity contribution >= 4 is 11.8 Å². The van der Waals surface area contributed by atoms with E-state index in [-0.39, 0.29) is 11.2 Å². The first-order valence-electron chi connectivity index (χ1n) is 9.65. The molecule has 4 saturated carbocycles. The molecule has 1 N–H and O–H groups in total. The molecule has 0 spiro atoms. The van der Waals surface area contributed by atoms with Crippen molar-refractivity contribution in [1.29, 1.82) is 0 Å². The third-order valence-electron chi connectivity index (χ3n) is 8.63. The van der Waals surface area contributed by atoms with Gasteiger partial charge in [-0.3, -0.25) is 9.59 Å². The van der Waals surface area contributed by atoms with Crippen molar-refractivity contribution in [3.63, 3.8) is 0 Å². The van der Waals surface area contributed by atoms with E-state index in [4.69, 9.17) is 0 Å². The van der Waals surface area contributed by atoms with Crippen molar-refractivity contribution < 1.29 is 14.7 Å². The van der Waals surface area contributed by atoms with Crippen LogP contribution in [0.4, 0.5) is 0 Å². The van der Waals surface area contributed by atoms with Crippen LogP contribution in [0.25, 0.3) is 0 Å². The van der Waals surface area contributed by atoms with Crippen LogP contribution < -0.4 is 0 Å². The molecule has 4 aliphatic rings. The molecule has 0 bridgehead atoms. The zero-order valence-electron chi connectivity index (χ0n) is 14.5. The number of ketones is 1. The summed E-state index contributed by atoms with van der Waals surface area (Å²) < 4.78 is 0. The summed E-state index contributed by atoms with van der Waals surface area (Å²) in [6.45, 7) is 4.61. The van der Waals surface area contributed by atoms with Crippen LogP contribution in [0.3, 0.4) is 0 Å². The first-order chi connectivity index (χ1) is 10.9. The lowest BCUT2D eigenvalue weighted by molar-refractivity contribution is -0.167. The van der Waals surface area contributed by atoms with Gasteiger partial charge in [-0.15, -0.1) is 0 Å². The molecule has 2 unspecified atom stereocenters. The maximum Gasteiger partial charge on any atom is 0.314 e. The van der Waals surface area contributed by atoms with Crippen LogP contribution in [-0.2, 0) is 9.59 Å². The minimum Gasteiger partial charge on any atom is -0.481 e. The van der Waals surface area contributed by atoms with Crippen molar-refractivity contribution in [1.82, 2.24) is 0 Å². The average Bonchev–Trinajstić information content (AvgIpc) is 2.90. The Bertz CT molecular complexity index is 541. The minimum atomic E-state index is -0.890. The van der Waals surface area contributed by atoms with Gasteiger partial charge in [0, 0.05) is 5.41 Å². The number of rotatable bonds is 1. The van der Waals surface area contributed by atoms with Gasteiger partial charge in [0.05, 0.1) is 0 Å². The van der Waals surface area contributed by atoms with Crippen LogP contribution in [0.2, 0.25) is 0 Å². The molecule has 4 aliphatic carbocycles. The predicted molar refractivity (Wildman–Crippen MR) is 87.9 cm³/mol. The van der Waals surface area contributed by atoms with Gasteiger partial charge >= 0.3 is 5.97 Å². The summed E-state index contributed by atoms with van der Waals surface area (Å²) in [7, 11) is 0. The highest BCUT2D eigenvalue weighted by Crippen LogP contribution is 2.65. The SMILES string of the molecule is C[C@@]12CCC[C@H]1[C@@H]1CCC3CCC(C(=O)O)C(=O)[C@]3(C)[C@@H]1CC2. The summed E-state index contributed by atoms with van der Waals surface area (Å²) in [5.41, 5.74) is 0.127. The van der Waals surface area contributed by atoms with E-state index in [1.165, 1.54) is 32.1 Å². The molecule has 0 aromatic heterocycles. The zero-order valence-corrected chi connectivity index (χ0v) is 14.5. The van der Waals surface area contributed by atoms with Crippen molar-refractivity contribution in [2.75, 3.05) is 0 Å². The maximum atomic E-state index is 13.2. The molecule has 0 aromatic carbocycles. The third-order valence-corrected chi connectivity index (χ3v) is 8.63. The number of aliphatic carboxylic acids is 1. The lowest BCUT2D eigenvalue weighted by Gasteiger charge is -2.59. The fourth-order valence-corrected chi connectivity index (χ4v) is 7.36. The first kappa shape index (κ1) is 15.7. The van der Waals surface area contributed by atoms with Crippen LogP contribution >= 0.6 is 0 Å². The normalized spacial score (nSPS) is 52.4. The number of fused-ring (bicyclic) bond motifs is 5. The first-order valence-corrected chi connectivity index (χ1v) is 9.65. The number of carbonyl (C=O) groups is 2. The molecule has 0 heterocycles. The Labute approximate surface area is 139 Å². The smallest absolute Gasteiger partial charge is 0.314 e. The third kappa shape index (κ3) is 2.01. The Morgan fingerprint density at radius 2 is 1.74 bits per heavy atom. The molecule has 0 saturated heterocycles. The molecule has 0 aliphatic heterocycles. The number of Topliss-reactive ketones (excluding diaryl/α,β-unsaturated/α-hetero) is 1. The van der Waals surface area contributed by atoms with Crippen molar-refractivity contribution in [2.24, 2.45) is 40.4 Å². The molecule has 23 heavy (non-hydrogen) atoms. The number of hydrogen-bond acceptors (Lipinski definition) is 2. The van der Waals surface area contributed by atoms with Crippen molar-refractivity contribution in [3.8, 4) is 0 Å². The molecule has 128 valence electrons. The highest BCUT2D eigenvalue weighted by atomic mass is 16.4. The van der Waals surface area contributed by atoms with E-state index in [0.29, 0.717) is 29.6 Å². The van der Waals surface area contributed by atoms with E-state index in [0.717, 1.165) is 25.2 Å². The van der Waals surface area contributed by atoms with Crippen LogP contribution in [0.1, 0.15) is 71.6 Å². The molecule has 0 radical (unpaired) electrons. The van der Waals surface area contributed by atoms with Gasteiger partial charge in [-0.2, -0.15) is 0 Å². The van der Waals surface area contributed by atoms with Gasteiger partial charge in [-0.25, -0.2) is 0 Å². The fourth-order valence-electron chi connectivity index (χ4n) is 7.36. The Morgan fingerprint density at radius 1 is 1.00 bits per heavy atom. The summed E-state index contributed by atoms with van der Waals surface area (Å²) in [5.74, 6) is 0.735. The van der Waals surface area contributed by atoms with Gasteiger partial charge in [0.1, 0.15) is 5.92 Å². The predicted octanol–water partition coefficient (Wildman–Crippen LogP) is 4.30. The van der Waals surface area contributed by atoms with Crippen LogP contribution in [0, 0.1) is 40.4 Å². The topological polar surface area (TPSA) is 54.4 Å². The Balaban J connectivity index is 1.69. The van der Waals surface area contributed by atoms with Crippen molar-refractivity contribution in [3.05, 3.63) is 0 Å². The van der Waals surface area contributed by atoms with Gasteiger partial charge in [0.15, 0.2) is 5.78 Å². The molecule has 4 rings (SSSR count). The quantitative estimate of drug-likeness (QED) is 0.733. The van der Waals surface area contributed by atoms with Gasteiger partial charge in [-0.1, -0.05) is 20.3 Å². The zero-order chi connectivity index (χ0) is 16.4. The molecule has 3 nitrogen and oxygen atoms in total. The van der Waals surface area contributed by atoms with Crippen LogP contribution in [0.5, 0.6) is 0 Å². The van der Waals surface area contributed by atoms with Crippen LogP contribution in [-0.4, -0.2) is 16.9 Å². The highest BCUT2D eigenvalue weighted by molar-refractivity contribution is 6.02. The minimum absolute atomic E-state index is 0.0672. The second-order valence-electron chi connectivity index (χ2n) is 9.35. The molecule has 4 fully saturated rings. The van der Waals surface area contributed by atoms with E-state index < -0.39 is 11.9 Å².